The van der Waals surface area contributed by atoms with E-state index >= 15 is 0 Å². The molecule has 0 aromatic heterocycles. The van der Waals surface area contributed by atoms with Crippen molar-refractivity contribution < 1.29 is 14.3 Å². The van der Waals surface area contributed by atoms with Crippen LogP contribution < -0.4 is 15.8 Å². The summed E-state index contributed by atoms with van der Waals surface area (Å²) in [5, 5.41) is 2.99. The lowest BCUT2D eigenvalue weighted by Gasteiger charge is -2.40. The van der Waals surface area contributed by atoms with E-state index in [9.17, 15) is 9.59 Å². The number of amides is 2. The van der Waals surface area contributed by atoms with E-state index in [2.05, 4.69) is 5.32 Å². The first-order valence-corrected chi connectivity index (χ1v) is 7.98. The minimum absolute atomic E-state index is 0.0192. The molecule has 3 N–H and O–H groups in total. The van der Waals surface area contributed by atoms with Crippen LogP contribution in [0.2, 0.25) is 0 Å². The zero-order valence-corrected chi connectivity index (χ0v) is 13.3. The third-order valence-corrected chi connectivity index (χ3v) is 4.46. The van der Waals surface area contributed by atoms with E-state index in [1.54, 1.807) is 24.3 Å². The lowest BCUT2D eigenvalue weighted by molar-refractivity contribution is -0.124. The van der Waals surface area contributed by atoms with Crippen molar-refractivity contribution in [1.29, 1.82) is 0 Å². The van der Waals surface area contributed by atoms with Gasteiger partial charge in [0.1, 0.15) is 5.75 Å². The molecule has 2 amide bonds. The van der Waals surface area contributed by atoms with Gasteiger partial charge in [0.05, 0.1) is 5.41 Å². The van der Waals surface area contributed by atoms with Crippen LogP contribution in [0.5, 0.6) is 5.75 Å². The molecule has 1 aliphatic rings. The molecule has 0 aliphatic heterocycles. The van der Waals surface area contributed by atoms with Crippen molar-refractivity contribution in [3.8, 4) is 5.75 Å². The molecule has 0 saturated heterocycles. The molecule has 3 rings (SSSR count). The van der Waals surface area contributed by atoms with Gasteiger partial charge in [-0.1, -0.05) is 36.8 Å². The van der Waals surface area contributed by atoms with Crippen molar-refractivity contribution in [2.75, 3.05) is 11.9 Å². The molecule has 5 heteroatoms. The second kappa shape index (κ2) is 6.74. The molecule has 1 fully saturated rings. The van der Waals surface area contributed by atoms with Crippen molar-refractivity contribution in [3.05, 3.63) is 60.2 Å². The second-order valence-electron chi connectivity index (χ2n) is 6.04. The minimum Gasteiger partial charge on any atom is -0.484 e. The van der Waals surface area contributed by atoms with Gasteiger partial charge in [0, 0.05) is 5.69 Å². The first-order valence-electron chi connectivity index (χ1n) is 7.98. The van der Waals surface area contributed by atoms with Crippen LogP contribution >= 0.6 is 0 Å². The van der Waals surface area contributed by atoms with E-state index in [0.29, 0.717) is 11.4 Å². The Morgan fingerprint density at radius 3 is 2.25 bits per heavy atom. The zero-order chi connectivity index (χ0) is 17.0. The fourth-order valence-corrected chi connectivity index (χ4v) is 2.97. The summed E-state index contributed by atoms with van der Waals surface area (Å²) in [5.41, 5.74) is 6.38. The van der Waals surface area contributed by atoms with Gasteiger partial charge < -0.3 is 15.8 Å². The summed E-state index contributed by atoms with van der Waals surface area (Å²) in [6.07, 6.45) is 2.79. The summed E-state index contributed by atoms with van der Waals surface area (Å²) in [7, 11) is 0. The predicted octanol–water partition coefficient (Wildman–Crippen LogP) is 2.61. The third kappa shape index (κ3) is 3.25. The van der Waals surface area contributed by atoms with Gasteiger partial charge in [0.15, 0.2) is 6.61 Å². The summed E-state index contributed by atoms with van der Waals surface area (Å²) in [6, 6.07) is 16.8. The highest BCUT2D eigenvalue weighted by molar-refractivity contribution is 6.00. The fraction of sp³-hybridized carbons (Fsp3) is 0.263. The number of hydrogen-bond acceptors (Lipinski definition) is 3. The van der Waals surface area contributed by atoms with Crippen LogP contribution in [0.15, 0.2) is 54.6 Å². The third-order valence-electron chi connectivity index (χ3n) is 4.46. The highest BCUT2D eigenvalue weighted by atomic mass is 16.5. The first kappa shape index (κ1) is 16.1. The van der Waals surface area contributed by atoms with Crippen LogP contribution in [-0.2, 0) is 15.0 Å². The van der Waals surface area contributed by atoms with Gasteiger partial charge in [0.25, 0.3) is 5.91 Å². The summed E-state index contributed by atoms with van der Waals surface area (Å²) < 4.78 is 5.21. The highest BCUT2D eigenvalue weighted by Gasteiger charge is 2.45. The Kier molecular flexibility index (Phi) is 4.51. The van der Waals surface area contributed by atoms with Gasteiger partial charge in [-0.05, 0) is 42.7 Å². The molecule has 5 nitrogen and oxygen atoms in total. The normalized spacial score (nSPS) is 15.2. The Morgan fingerprint density at radius 2 is 1.71 bits per heavy atom. The van der Waals surface area contributed by atoms with Crippen molar-refractivity contribution in [3.63, 3.8) is 0 Å². The van der Waals surface area contributed by atoms with E-state index in [1.807, 2.05) is 30.3 Å². The molecular formula is C19H20N2O3. The monoisotopic (exact) mass is 324 g/mol. The second-order valence-corrected chi connectivity index (χ2v) is 6.04. The van der Waals surface area contributed by atoms with Gasteiger partial charge in [-0.25, -0.2) is 0 Å². The van der Waals surface area contributed by atoms with Gasteiger partial charge >= 0.3 is 0 Å². The number of nitrogens with one attached hydrogen (secondary N) is 1. The van der Waals surface area contributed by atoms with Crippen LogP contribution in [0.4, 0.5) is 5.69 Å². The fourth-order valence-electron chi connectivity index (χ4n) is 2.97. The topological polar surface area (TPSA) is 81.4 Å². The number of anilines is 1. The van der Waals surface area contributed by atoms with Crippen LogP contribution in [0.1, 0.15) is 24.8 Å². The molecule has 1 aliphatic carbocycles. The van der Waals surface area contributed by atoms with Crippen molar-refractivity contribution in [1.82, 2.24) is 0 Å². The number of nitrogens with two attached hydrogens (primary N) is 1. The van der Waals surface area contributed by atoms with Crippen molar-refractivity contribution in [2.24, 2.45) is 5.73 Å². The van der Waals surface area contributed by atoms with Gasteiger partial charge in [-0.2, -0.15) is 0 Å². The zero-order valence-electron chi connectivity index (χ0n) is 13.3. The standard InChI is InChI=1S/C19H20N2O3/c20-17(22)13-24-16-9-7-15(8-10-16)21-18(23)19(11-4-12-19)14-5-2-1-3-6-14/h1-3,5-10H,4,11-13H2,(H2,20,22)(H,21,23). The summed E-state index contributed by atoms with van der Waals surface area (Å²) in [6.45, 7) is -0.164. The number of ether oxygens (including phenoxy) is 1. The lowest BCUT2D eigenvalue weighted by Crippen LogP contribution is -2.45. The highest BCUT2D eigenvalue weighted by Crippen LogP contribution is 2.44. The molecule has 2 aromatic carbocycles. The SMILES string of the molecule is NC(=O)COc1ccc(NC(=O)C2(c3ccccc3)CCC2)cc1. The molecule has 124 valence electrons. The smallest absolute Gasteiger partial charge is 0.255 e. The molecule has 2 aromatic rings. The van der Waals surface area contributed by atoms with Gasteiger partial charge in [-0.3, -0.25) is 9.59 Å². The molecule has 0 bridgehead atoms. The average Bonchev–Trinajstić information content (AvgIpc) is 2.54. The van der Waals surface area contributed by atoms with E-state index in [0.717, 1.165) is 24.8 Å². The molecule has 0 heterocycles. The molecular weight excluding hydrogens is 304 g/mol. The van der Waals surface area contributed by atoms with E-state index < -0.39 is 11.3 Å². The molecule has 0 unspecified atom stereocenters. The van der Waals surface area contributed by atoms with Crippen LogP contribution in [0, 0.1) is 0 Å². The molecule has 0 spiro atoms. The molecule has 24 heavy (non-hydrogen) atoms. The van der Waals surface area contributed by atoms with Crippen LogP contribution in [0.3, 0.4) is 0 Å². The summed E-state index contributed by atoms with van der Waals surface area (Å²) in [5.74, 6) is 0.0288. The summed E-state index contributed by atoms with van der Waals surface area (Å²) >= 11 is 0. The van der Waals surface area contributed by atoms with Crippen molar-refractivity contribution >= 4 is 17.5 Å². The number of benzene rings is 2. The predicted molar refractivity (Wildman–Crippen MR) is 91.7 cm³/mol. The van der Waals surface area contributed by atoms with Crippen LogP contribution in [-0.4, -0.2) is 18.4 Å². The largest absolute Gasteiger partial charge is 0.484 e. The quantitative estimate of drug-likeness (QED) is 0.857. The Bertz CT molecular complexity index is 722. The number of hydrogen-bond donors (Lipinski definition) is 2. The first-order chi connectivity index (χ1) is 11.6. The van der Waals surface area contributed by atoms with Crippen molar-refractivity contribution in [2.45, 2.75) is 24.7 Å². The Hall–Kier alpha value is -2.82. The Balaban J connectivity index is 1.69. The van der Waals surface area contributed by atoms with Gasteiger partial charge in [-0.15, -0.1) is 0 Å². The molecule has 0 radical (unpaired) electrons. The van der Waals surface area contributed by atoms with E-state index in [4.69, 9.17) is 10.5 Å². The molecule has 1 saturated carbocycles. The van der Waals surface area contributed by atoms with Gasteiger partial charge in [0.2, 0.25) is 5.91 Å². The minimum atomic E-state index is -0.526. The Morgan fingerprint density at radius 1 is 1.04 bits per heavy atom. The summed E-state index contributed by atoms with van der Waals surface area (Å²) in [4.78, 5) is 23.5. The molecule has 0 atom stereocenters. The number of primary amides is 1. The lowest BCUT2D eigenvalue weighted by atomic mass is 9.64. The Labute approximate surface area is 140 Å². The number of rotatable bonds is 6. The number of carbonyl (C=O) groups is 2. The number of carbonyl (C=O) groups excluding carboxylic acids is 2. The van der Waals surface area contributed by atoms with E-state index in [-0.39, 0.29) is 12.5 Å². The average molecular weight is 324 g/mol. The maximum absolute atomic E-state index is 12.8. The van der Waals surface area contributed by atoms with E-state index in [1.165, 1.54) is 0 Å². The maximum atomic E-state index is 12.8. The van der Waals surface area contributed by atoms with Crippen LogP contribution in [0.25, 0.3) is 0 Å². The maximum Gasteiger partial charge on any atom is 0.255 e.